The highest BCUT2D eigenvalue weighted by atomic mass is 35.5. The molecule has 3 aromatic carbocycles. The van der Waals surface area contributed by atoms with Crippen LogP contribution < -0.4 is 5.32 Å². The van der Waals surface area contributed by atoms with Crippen molar-refractivity contribution in [3.63, 3.8) is 0 Å². The van der Waals surface area contributed by atoms with Crippen LogP contribution in [0.2, 0.25) is 10.0 Å². The number of carbonyl (C=O) groups is 1. The van der Waals surface area contributed by atoms with Gasteiger partial charge in [0.15, 0.2) is 0 Å². The Bertz CT molecular complexity index is 1200. The first-order chi connectivity index (χ1) is 13.5. The number of benzene rings is 3. The van der Waals surface area contributed by atoms with Gasteiger partial charge in [0.2, 0.25) is 0 Å². The van der Waals surface area contributed by atoms with Crippen LogP contribution in [0.4, 0.5) is 5.69 Å². The molecule has 0 spiro atoms. The molecule has 1 aromatic heterocycles. The molecule has 0 aliphatic carbocycles. The van der Waals surface area contributed by atoms with Crippen molar-refractivity contribution in [3.05, 3.63) is 94.0 Å². The zero-order valence-corrected chi connectivity index (χ0v) is 16.6. The van der Waals surface area contributed by atoms with Gasteiger partial charge in [0.1, 0.15) is 0 Å². The predicted octanol–water partition coefficient (Wildman–Crippen LogP) is 6.77. The average molecular weight is 407 g/mol. The third-order valence-electron chi connectivity index (χ3n) is 4.63. The molecule has 0 bridgehead atoms. The number of carbonyl (C=O) groups excluding carboxylic acids is 1. The van der Waals surface area contributed by atoms with E-state index in [2.05, 4.69) is 5.32 Å². The molecule has 0 unspecified atom stereocenters. The molecule has 0 atom stereocenters. The van der Waals surface area contributed by atoms with Crippen molar-refractivity contribution in [2.45, 2.75) is 6.92 Å². The molecule has 4 rings (SSSR count). The van der Waals surface area contributed by atoms with E-state index in [1.807, 2.05) is 67.6 Å². The van der Waals surface area contributed by atoms with Crippen molar-refractivity contribution in [1.82, 2.24) is 4.98 Å². The maximum atomic E-state index is 13.1. The summed E-state index contributed by atoms with van der Waals surface area (Å²) in [5.41, 5.74) is 4.19. The molecule has 138 valence electrons. The zero-order valence-electron chi connectivity index (χ0n) is 15.0. The quantitative estimate of drug-likeness (QED) is 0.407. The van der Waals surface area contributed by atoms with Crippen LogP contribution in [0.1, 0.15) is 15.9 Å². The summed E-state index contributed by atoms with van der Waals surface area (Å²) in [7, 11) is 0. The number of hydrogen-bond acceptors (Lipinski definition) is 2. The third kappa shape index (κ3) is 3.47. The smallest absolute Gasteiger partial charge is 0.256 e. The monoisotopic (exact) mass is 406 g/mol. The largest absolute Gasteiger partial charge is 0.322 e. The number of rotatable bonds is 3. The summed E-state index contributed by atoms with van der Waals surface area (Å²) in [5.74, 6) is -0.225. The molecule has 0 radical (unpaired) electrons. The second-order valence-electron chi connectivity index (χ2n) is 6.42. The van der Waals surface area contributed by atoms with E-state index in [-0.39, 0.29) is 5.91 Å². The number of fused-ring (bicyclic) bond motifs is 1. The van der Waals surface area contributed by atoms with Gasteiger partial charge in [-0.25, -0.2) is 4.98 Å². The maximum Gasteiger partial charge on any atom is 0.256 e. The Kier molecular flexibility index (Phi) is 5.03. The van der Waals surface area contributed by atoms with Crippen LogP contribution in [-0.2, 0) is 0 Å². The van der Waals surface area contributed by atoms with Crippen molar-refractivity contribution >= 4 is 45.7 Å². The summed E-state index contributed by atoms with van der Waals surface area (Å²) in [6, 6.07) is 22.2. The highest BCUT2D eigenvalue weighted by molar-refractivity contribution is 6.33. The van der Waals surface area contributed by atoms with Crippen molar-refractivity contribution in [1.29, 1.82) is 0 Å². The van der Waals surface area contributed by atoms with Crippen molar-refractivity contribution in [2.24, 2.45) is 0 Å². The number of pyridine rings is 1. The Hall–Kier alpha value is -2.88. The molecule has 5 heteroatoms. The number of halogens is 2. The number of nitrogens with zero attached hydrogens (tertiary/aromatic N) is 1. The fourth-order valence-electron chi connectivity index (χ4n) is 3.10. The van der Waals surface area contributed by atoms with Crippen LogP contribution in [0.5, 0.6) is 0 Å². The topological polar surface area (TPSA) is 42.0 Å². The Morgan fingerprint density at radius 2 is 1.61 bits per heavy atom. The Morgan fingerprint density at radius 3 is 2.43 bits per heavy atom. The lowest BCUT2D eigenvalue weighted by molar-refractivity contribution is 0.102. The number of aromatic nitrogens is 1. The minimum absolute atomic E-state index is 0.225. The van der Waals surface area contributed by atoms with Crippen LogP contribution in [0.25, 0.3) is 22.2 Å². The molecule has 1 heterocycles. The second-order valence-corrected chi connectivity index (χ2v) is 7.23. The lowest BCUT2D eigenvalue weighted by atomic mass is 10.0. The molecule has 4 aromatic rings. The highest BCUT2D eigenvalue weighted by Gasteiger charge is 2.16. The lowest BCUT2D eigenvalue weighted by Gasteiger charge is -2.13. The van der Waals surface area contributed by atoms with Crippen LogP contribution >= 0.6 is 23.2 Å². The number of para-hydroxylation sites is 1. The molecule has 3 nitrogen and oxygen atoms in total. The maximum absolute atomic E-state index is 13.1. The fourth-order valence-corrected chi connectivity index (χ4v) is 3.51. The van der Waals surface area contributed by atoms with Gasteiger partial charge in [0.25, 0.3) is 5.91 Å². The summed E-state index contributed by atoms with van der Waals surface area (Å²) >= 11 is 12.5. The third-order valence-corrected chi connectivity index (χ3v) is 5.37. The van der Waals surface area contributed by atoms with E-state index < -0.39 is 0 Å². The summed E-state index contributed by atoms with van der Waals surface area (Å²) in [5, 5.41) is 4.93. The van der Waals surface area contributed by atoms with Gasteiger partial charge in [-0.2, -0.15) is 0 Å². The minimum Gasteiger partial charge on any atom is -0.322 e. The molecule has 28 heavy (non-hydrogen) atoms. The molecule has 1 N–H and O–H groups in total. The van der Waals surface area contributed by atoms with Crippen LogP contribution in [-0.4, -0.2) is 10.9 Å². The molecular weight excluding hydrogens is 391 g/mol. The van der Waals surface area contributed by atoms with Crippen LogP contribution in [0, 0.1) is 6.92 Å². The molecular formula is C23H16Cl2N2O. The van der Waals surface area contributed by atoms with Crippen molar-refractivity contribution < 1.29 is 4.79 Å². The van der Waals surface area contributed by atoms with Gasteiger partial charge in [-0.3, -0.25) is 4.79 Å². The Balaban J connectivity index is 1.84. The van der Waals surface area contributed by atoms with Gasteiger partial charge in [-0.15, -0.1) is 0 Å². The van der Waals surface area contributed by atoms with E-state index in [9.17, 15) is 4.79 Å². The minimum atomic E-state index is -0.225. The van der Waals surface area contributed by atoms with Gasteiger partial charge in [-0.1, -0.05) is 65.7 Å². The van der Waals surface area contributed by atoms with E-state index in [4.69, 9.17) is 28.2 Å². The molecule has 0 saturated heterocycles. The molecule has 1 amide bonds. The summed E-state index contributed by atoms with van der Waals surface area (Å²) in [6.45, 7) is 1.87. The Morgan fingerprint density at radius 1 is 0.893 bits per heavy atom. The standard InChI is InChI=1S/C23H16Cl2N2O/c1-14-18(24)10-6-12-20(14)27-23(28)17-13-22(16-8-2-4-9-19(16)25)26-21-11-5-3-7-15(17)21/h2-13H,1H3,(H,27,28). The zero-order chi connectivity index (χ0) is 19.7. The SMILES string of the molecule is Cc1c(Cl)cccc1NC(=O)c1cc(-c2ccccc2Cl)nc2ccccc12. The Labute approximate surface area is 172 Å². The van der Waals surface area contributed by atoms with Crippen molar-refractivity contribution in [2.75, 3.05) is 5.32 Å². The van der Waals surface area contributed by atoms with Crippen LogP contribution in [0.15, 0.2) is 72.8 Å². The van der Waals surface area contributed by atoms with Gasteiger partial charge in [-0.05, 0) is 42.8 Å². The fraction of sp³-hybridized carbons (Fsp3) is 0.0435. The first-order valence-electron chi connectivity index (χ1n) is 8.76. The first kappa shape index (κ1) is 18.5. The van der Waals surface area contributed by atoms with Crippen LogP contribution in [0.3, 0.4) is 0 Å². The lowest BCUT2D eigenvalue weighted by Crippen LogP contribution is -2.14. The summed E-state index contributed by atoms with van der Waals surface area (Å²) in [6.07, 6.45) is 0. The number of amides is 1. The summed E-state index contributed by atoms with van der Waals surface area (Å²) < 4.78 is 0. The average Bonchev–Trinajstić information content (AvgIpc) is 2.71. The molecule has 0 aliphatic heterocycles. The number of anilines is 1. The summed E-state index contributed by atoms with van der Waals surface area (Å²) in [4.78, 5) is 17.8. The second kappa shape index (κ2) is 7.63. The van der Waals surface area contributed by atoms with Crippen molar-refractivity contribution in [3.8, 4) is 11.3 Å². The highest BCUT2D eigenvalue weighted by Crippen LogP contribution is 2.30. The van der Waals surface area contributed by atoms with Gasteiger partial charge in [0.05, 0.1) is 16.8 Å². The normalized spacial score (nSPS) is 10.8. The number of hydrogen-bond donors (Lipinski definition) is 1. The van der Waals surface area contributed by atoms with E-state index in [1.54, 1.807) is 12.1 Å². The van der Waals surface area contributed by atoms with E-state index >= 15 is 0 Å². The van der Waals surface area contributed by atoms with E-state index in [0.29, 0.717) is 27.0 Å². The predicted molar refractivity (Wildman–Crippen MR) is 116 cm³/mol. The van der Waals surface area contributed by atoms with E-state index in [0.717, 1.165) is 22.0 Å². The number of nitrogens with one attached hydrogen (secondary N) is 1. The van der Waals surface area contributed by atoms with Gasteiger partial charge >= 0.3 is 0 Å². The molecule has 0 saturated carbocycles. The van der Waals surface area contributed by atoms with Gasteiger partial charge in [0, 0.05) is 26.7 Å². The van der Waals surface area contributed by atoms with Gasteiger partial charge < -0.3 is 5.32 Å². The molecule has 0 fully saturated rings. The van der Waals surface area contributed by atoms with E-state index in [1.165, 1.54) is 0 Å². The molecule has 0 aliphatic rings. The first-order valence-corrected chi connectivity index (χ1v) is 9.51.